The normalized spacial score (nSPS) is 8.14. The molecule has 28 heavy (non-hydrogen) atoms. The van der Waals surface area contributed by atoms with Gasteiger partial charge in [0, 0.05) is 21.1 Å². The van der Waals surface area contributed by atoms with Gasteiger partial charge in [-0.15, -0.1) is 23.8 Å². The minimum atomic E-state index is 0. The molecular weight excluding hydrogens is 577 g/mol. The molecule has 0 fully saturated rings. The maximum Gasteiger partial charge on any atom is 0.281 e. The topological polar surface area (TPSA) is 51.2 Å². The van der Waals surface area contributed by atoms with Crippen molar-refractivity contribution in [3.8, 4) is 0 Å². The van der Waals surface area contributed by atoms with Crippen LogP contribution in [0, 0.1) is 0 Å². The molecule has 0 bridgehead atoms. The molecule has 0 spiro atoms. The largest absolute Gasteiger partial charge is 0.281 e. The van der Waals surface area contributed by atoms with E-state index in [9.17, 15) is 0 Å². The fourth-order valence-electron chi connectivity index (χ4n) is 2.01. The molecule has 0 heterocycles. The van der Waals surface area contributed by atoms with Gasteiger partial charge in [-0.3, -0.25) is 14.4 Å². The van der Waals surface area contributed by atoms with E-state index in [2.05, 4.69) is 82.7 Å². The summed E-state index contributed by atoms with van der Waals surface area (Å²) in [6, 6.07) is 0. The fraction of sp³-hybridized carbons (Fsp3) is 0.857. The number of hydrogen-bond donors (Lipinski definition) is 0. The third kappa shape index (κ3) is 50.6. The second-order valence-electron chi connectivity index (χ2n) is 4.86. The molecule has 6 radical (unpaired) electrons. The van der Waals surface area contributed by atoms with Gasteiger partial charge in [-0.05, 0) is 55.5 Å². The third-order valence-electron chi connectivity index (χ3n) is 4.02. The Bertz CT molecular complexity index is 156. The Morgan fingerprint density at radius 1 is 0.357 bits per heavy atom. The zero-order valence-electron chi connectivity index (χ0n) is 19.8. The van der Waals surface area contributed by atoms with Gasteiger partial charge in [0.1, 0.15) is 0 Å². The molecule has 0 aromatic heterocycles. The van der Waals surface area contributed by atoms with Gasteiger partial charge in [0.05, 0.1) is 0 Å². The van der Waals surface area contributed by atoms with Gasteiger partial charge in [-0.1, -0.05) is 62.3 Å². The summed E-state index contributed by atoms with van der Waals surface area (Å²) >= 11 is 0. The molecule has 0 saturated carbocycles. The first-order valence-electron chi connectivity index (χ1n) is 9.82. The molecule has 0 saturated heterocycles. The van der Waals surface area contributed by atoms with Crippen LogP contribution in [0.15, 0.2) is 0 Å². The van der Waals surface area contributed by atoms with E-state index in [0.717, 1.165) is 0 Å². The predicted octanol–water partition coefficient (Wildman–Crippen LogP) is 6.39. The summed E-state index contributed by atoms with van der Waals surface area (Å²) in [5.74, 6) is 0. The molecular formula is C21H45O3P3W. The summed E-state index contributed by atoms with van der Waals surface area (Å²) in [5, 5.41) is 0. The van der Waals surface area contributed by atoms with E-state index in [0.29, 0.717) is 23.8 Å². The van der Waals surface area contributed by atoms with Crippen LogP contribution in [0.3, 0.4) is 0 Å². The first-order chi connectivity index (χ1) is 13.0. The minimum absolute atomic E-state index is 0. The van der Waals surface area contributed by atoms with Gasteiger partial charge >= 0.3 is 0 Å². The van der Waals surface area contributed by atoms with Crippen molar-refractivity contribution >= 4 is 44.1 Å². The molecule has 0 aromatic rings. The summed E-state index contributed by atoms with van der Waals surface area (Å²) in [4.78, 5) is 22.5. The van der Waals surface area contributed by atoms with Crippen LogP contribution >= 0.6 is 23.8 Å². The average molecular weight is 622 g/mol. The minimum Gasteiger partial charge on any atom is -0.281 e. The third-order valence-corrected chi connectivity index (χ3v) is 12.1. The van der Waals surface area contributed by atoms with Gasteiger partial charge in [-0.25, -0.2) is 0 Å². The first-order valence-corrected chi connectivity index (χ1v) is 15.5. The van der Waals surface area contributed by atoms with E-state index >= 15 is 0 Å². The van der Waals surface area contributed by atoms with Crippen molar-refractivity contribution < 1.29 is 35.4 Å². The van der Waals surface area contributed by atoms with E-state index in [1.54, 1.807) is 0 Å². The molecule has 0 N–H and O–H groups in total. The fourth-order valence-corrected chi connectivity index (χ4v) is 6.04. The second kappa shape index (κ2) is 56.5. The summed E-state index contributed by atoms with van der Waals surface area (Å²) in [6.45, 7) is 34.1. The van der Waals surface area contributed by atoms with Crippen LogP contribution in [0.4, 0.5) is 0 Å². The Morgan fingerprint density at radius 2 is 0.429 bits per heavy atom. The second-order valence-corrected chi connectivity index (χ2v) is 14.6. The monoisotopic (exact) mass is 622 g/mol. The van der Waals surface area contributed by atoms with E-state index in [-0.39, 0.29) is 21.1 Å². The van der Waals surface area contributed by atoms with E-state index in [1.807, 2.05) is 0 Å². The van der Waals surface area contributed by atoms with Crippen molar-refractivity contribution in [2.45, 2.75) is 62.3 Å². The van der Waals surface area contributed by atoms with Crippen LogP contribution in [0.25, 0.3) is 0 Å². The quantitative estimate of drug-likeness (QED) is 0.280. The van der Waals surface area contributed by atoms with Gasteiger partial charge in [-0.2, -0.15) is 0 Å². The first kappa shape index (κ1) is 47.0. The van der Waals surface area contributed by atoms with E-state index in [4.69, 9.17) is 14.4 Å². The van der Waals surface area contributed by atoms with Crippen LogP contribution in [0.2, 0.25) is 0 Å². The van der Waals surface area contributed by atoms with Crippen LogP contribution in [-0.4, -0.2) is 75.8 Å². The predicted molar refractivity (Wildman–Crippen MR) is 133 cm³/mol. The standard InChI is InChI=1S/3C6H15P.3CO.W/c3*1-4-7(5-2)6-3;3*1-2;/h3*4-6H2,1-3H3;;;;. The molecule has 0 aliphatic carbocycles. The van der Waals surface area contributed by atoms with Gasteiger partial charge < -0.3 is 0 Å². The molecule has 7 heteroatoms. The molecule has 0 amide bonds. The maximum absolute atomic E-state index is 7.50. The van der Waals surface area contributed by atoms with Crippen molar-refractivity contribution in [2.24, 2.45) is 0 Å². The van der Waals surface area contributed by atoms with Crippen molar-refractivity contribution in [1.82, 2.24) is 0 Å². The molecule has 0 unspecified atom stereocenters. The van der Waals surface area contributed by atoms with Crippen molar-refractivity contribution in [1.29, 1.82) is 0 Å². The zero-order chi connectivity index (χ0) is 23.1. The van der Waals surface area contributed by atoms with Crippen LogP contribution < -0.4 is 0 Å². The average Bonchev–Trinajstić information content (AvgIpc) is 2.77. The molecule has 0 aliphatic heterocycles. The molecule has 0 atom stereocenters. The van der Waals surface area contributed by atoms with Gasteiger partial charge in [0.15, 0.2) is 0 Å². The number of hydrogen-bond acceptors (Lipinski definition) is 3. The molecule has 0 aliphatic rings. The molecule has 3 nitrogen and oxygen atoms in total. The Morgan fingerprint density at radius 3 is 0.429 bits per heavy atom. The number of rotatable bonds is 9. The summed E-state index contributed by atoms with van der Waals surface area (Å²) in [7, 11) is 1.34. The molecule has 0 aromatic carbocycles. The summed E-state index contributed by atoms with van der Waals surface area (Å²) in [5.41, 5.74) is 0. The van der Waals surface area contributed by atoms with Gasteiger partial charge in [0.25, 0.3) is 20.4 Å². The van der Waals surface area contributed by atoms with Crippen molar-refractivity contribution in [2.75, 3.05) is 55.5 Å². The van der Waals surface area contributed by atoms with Crippen molar-refractivity contribution in [3.05, 3.63) is 0 Å². The summed E-state index contributed by atoms with van der Waals surface area (Å²) in [6.07, 6.45) is 12.8. The van der Waals surface area contributed by atoms with Crippen LogP contribution in [-0.2, 0) is 35.4 Å². The Balaban J connectivity index is -0.0000000408. The van der Waals surface area contributed by atoms with Gasteiger partial charge in [0.2, 0.25) is 0 Å². The Hall–Kier alpha value is 0.988. The molecule has 0 rings (SSSR count). The van der Waals surface area contributed by atoms with Crippen LogP contribution in [0.1, 0.15) is 62.3 Å². The van der Waals surface area contributed by atoms with E-state index < -0.39 is 0 Å². The van der Waals surface area contributed by atoms with Crippen molar-refractivity contribution in [3.63, 3.8) is 0 Å². The number of carbonyl (C=O) groups excluding carboxylic acids is 3. The van der Waals surface area contributed by atoms with Crippen LogP contribution in [0.5, 0.6) is 0 Å². The summed E-state index contributed by atoms with van der Waals surface area (Å²) < 4.78 is 0. The SMILES string of the molecule is CCP(CC)CC.CCP(CC)CC.CCP(CC)CC.[C]=O.[C]=O.[C]=O.[W]. The maximum atomic E-state index is 7.50. The Kier molecular flexibility index (Phi) is 94.8. The zero-order valence-corrected chi connectivity index (χ0v) is 25.5. The smallest absolute Gasteiger partial charge is 0.281 e. The van der Waals surface area contributed by atoms with E-state index in [1.165, 1.54) is 55.5 Å². The Labute approximate surface area is 196 Å². The molecule has 168 valence electrons.